The van der Waals surface area contributed by atoms with Gasteiger partial charge in [-0.15, -0.1) is 0 Å². The molecule has 3 N–H and O–H groups in total. The van der Waals surface area contributed by atoms with Gasteiger partial charge in [-0.05, 0) is 31.0 Å². The van der Waals surface area contributed by atoms with E-state index in [1.807, 2.05) is 23.0 Å². The maximum atomic E-state index is 6.68. The van der Waals surface area contributed by atoms with Gasteiger partial charge in [-0.2, -0.15) is 5.10 Å². The number of benzene rings is 1. The molecule has 0 radical (unpaired) electrons. The highest BCUT2D eigenvalue weighted by Crippen LogP contribution is 2.49. The molecule has 1 fully saturated rings. The first-order valence-electron chi connectivity index (χ1n) is 10.3. The van der Waals surface area contributed by atoms with Gasteiger partial charge in [0.05, 0.1) is 35.2 Å². The van der Waals surface area contributed by atoms with Gasteiger partial charge in [-0.3, -0.25) is 4.68 Å². The van der Waals surface area contributed by atoms with Crippen molar-refractivity contribution in [3.63, 3.8) is 0 Å². The molecule has 5 rings (SSSR count). The number of rotatable bonds is 5. The van der Waals surface area contributed by atoms with Gasteiger partial charge in [0.25, 0.3) is 0 Å². The molecule has 3 aromatic rings. The van der Waals surface area contributed by atoms with Gasteiger partial charge in [-0.25, -0.2) is 0 Å². The van der Waals surface area contributed by atoms with Crippen LogP contribution in [0.2, 0.25) is 5.02 Å². The van der Waals surface area contributed by atoms with Crippen molar-refractivity contribution in [2.24, 2.45) is 0 Å². The molecule has 152 valence electrons. The standard InChI is InChI=1S/C22H26ClN5O/c1-15-26-20-18(23)13-16-12-17(14-24-9-11-28-10-5-8-25-28)29-21(16)19(20)22(27-15)6-3-2-4-7-22/h5,8,10,12-13,24,26-27H,1-4,6-7,9,11,14H2. The lowest BCUT2D eigenvalue weighted by atomic mass is 9.74. The maximum Gasteiger partial charge on any atom is 0.142 e. The van der Waals surface area contributed by atoms with Crippen LogP contribution in [0.5, 0.6) is 0 Å². The lowest BCUT2D eigenvalue weighted by molar-refractivity contribution is 0.250. The third-order valence-electron chi connectivity index (χ3n) is 6.04. The number of furan rings is 1. The summed E-state index contributed by atoms with van der Waals surface area (Å²) < 4.78 is 8.28. The lowest BCUT2D eigenvalue weighted by Gasteiger charge is -2.44. The summed E-state index contributed by atoms with van der Waals surface area (Å²) in [6, 6.07) is 6.03. The van der Waals surface area contributed by atoms with E-state index in [-0.39, 0.29) is 5.54 Å². The first kappa shape index (κ1) is 18.6. The molecule has 29 heavy (non-hydrogen) atoms. The fourth-order valence-corrected chi connectivity index (χ4v) is 5.03. The smallest absolute Gasteiger partial charge is 0.142 e. The van der Waals surface area contributed by atoms with Crippen molar-refractivity contribution in [2.45, 2.75) is 50.7 Å². The zero-order chi connectivity index (χ0) is 19.8. The molecule has 0 atom stereocenters. The number of nitrogens with zero attached hydrogens (tertiary/aromatic N) is 2. The molecule has 0 saturated heterocycles. The molecule has 3 heterocycles. The monoisotopic (exact) mass is 411 g/mol. The Morgan fingerprint density at radius 3 is 2.93 bits per heavy atom. The molecule has 1 aromatic carbocycles. The molecule has 0 amide bonds. The molecule has 1 aliphatic carbocycles. The van der Waals surface area contributed by atoms with E-state index >= 15 is 0 Å². The summed E-state index contributed by atoms with van der Waals surface area (Å²) in [5, 5.41) is 16.4. The van der Waals surface area contributed by atoms with Gasteiger partial charge in [0.15, 0.2) is 0 Å². The Kier molecular flexibility index (Phi) is 4.76. The second-order valence-corrected chi connectivity index (χ2v) is 8.46. The van der Waals surface area contributed by atoms with Crippen molar-refractivity contribution in [2.75, 3.05) is 11.9 Å². The Hall–Kier alpha value is -2.44. The Balaban J connectivity index is 1.45. The molecule has 0 bridgehead atoms. The maximum absolute atomic E-state index is 6.68. The van der Waals surface area contributed by atoms with E-state index in [4.69, 9.17) is 16.0 Å². The van der Waals surface area contributed by atoms with Crippen LogP contribution in [-0.4, -0.2) is 16.3 Å². The Labute approximate surface area is 175 Å². The minimum absolute atomic E-state index is 0.151. The second-order valence-electron chi connectivity index (χ2n) is 8.06. The summed E-state index contributed by atoms with van der Waals surface area (Å²) in [4.78, 5) is 0. The van der Waals surface area contributed by atoms with Crippen molar-refractivity contribution in [3.8, 4) is 0 Å². The third kappa shape index (κ3) is 3.40. The summed E-state index contributed by atoms with van der Waals surface area (Å²) in [7, 11) is 0. The number of hydrogen-bond acceptors (Lipinski definition) is 5. The quantitative estimate of drug-likeness (QED) is 0.530. The highest BCUT2D eigenvalue weighted by atomic mass is 35.5. The van der Waals surface area contributed by atoms with Gasteiger partial charge >= 0.3 is 0 Å². The molecule has 2 aliphatic rings. The summed E-state index contributed by atoms with van der Waals surface area (Å²) in [5.74, 6) is 1.73. The summed E-state index contributed by atoms with van der Waals surface area (Å²) in [5.41, 5.74) is 2.89. The van der Waals surface area contributed by atoms with Crippen LogP contribution in [-0.2, 0) is 18.6 Å². The molecule has 1 spiro atoms. The number of hydrogen-bond donors (Lipinski definition) is 3. The Morgan fingerprint density at radius 1 is 1.28 bits per heavy atom. The minimum atomic E-state index is -0.151. The van der Waals surface area contributed by atoms with Gasteiger partial charge in [-0.1, -0.05) is 37.4 Å². The van der Waals surface area contributed by atoms with Crippen LogP contribution in [0.3, 0.4) is 0 Å². The van der Waals surface area contributed by atoms with E-state index in [9.17, 15) is 0 Å². The van der Waals surface area contributed by atoms with Crippen LogP contribution < -0.4 is 16.0 Å². The van der Waals surface area contributed by atoms with Crippen molar-refractivity contribution >= 4 is 28.3 Å². The number of nitrogens with one attached hydrogen (secondary N) is 3. The minimum Gasteiger partial charge on any atom is -0.459 e. The SMILES string of the molecule is C=C1Nc2c(Cl)cc3cc(CNCCn4cccn4)oc3c2C2(CCCCC2)N1. The number of aromatic nitrogens is 2. The van der Waals surface area contributed by atoms with E-state index in [1.54, 1.807) is 6.20 Å². The van der Waals surface area contributed by atoms with E-state index in [1.165, 1.54) is 19.3 Å². The topological polar surface area (TPSA) is 67.0 Å². The average Bonchev–Trinajstić information content (AvgIpc) is 3.35. The number of halogens is 1. The zero-order valence-corrected chi connectivity index (χ0v) is 17.2. The fourth-order valence-electron chi connectivity index (χ4n) is 4.77. The van der Waals surface area contributed by atoms with Crippen LogP contribution >= 0.6 is 11.6 Å². The van der Waals surface area contributed by atoms with Gasteiger partial charge in [0.1, 0.15) is 11.3 Å². The van der Waals surface area contributed by atoms with Gasteiger partial charge in [0.2, 0.25) is 0 Å². The highest BCUT2D eigenvalue weighted by Gasteiger charge is 2.42. The van der Waals surface area contributed by atoms with Gasteiger partial charge < -0.3 is 20.4 Å². The number of fused-ring (bicyclic) bond motifs is 4. The third-order valence-corrected chi connectivity index (χ3v) is 6.34. The number of anilines is 1. The molecule has 1 aliphatic heterocycles. The summed E-state index contributed by atoms with van der Waals surface area (Å²) in [6.45, 7) is 6.45. The van der Waals surface area contributed by atoms with E-state index in [0.717, 1.165) is 64.8 Å². The van der Waals surface area contributed by atoms with Crippen LogP contribution in [0.25, 0.3) is 11.0 Å². The van der Waals surface area contributed by atoms with Crippen LogP contribution in [0.1, 0.15) is 43.4 Å². The molecule has 6 nitrogen and oxygen atoms in total. The normalized spacial score (nSPS) is 17.9. The van der Waals surface area contributed by atoms with E-state index in [2.05, 4.69) is 33.7 Å². The highest BCUT2D eigenvalue weighted by molar-refractivity contribution is 6.34. The summed E-state index contributed by atoms with van der Waals surface area (Å²) in [6.07, 6.45) is 9.54. The van der Waals surface area contributed by atoms with Crippen LogP contribution in [0.15, 0.2) is 47.4 Å². The van der Waals surface area contributed by atoms with Crippen molar-refractivity contribution in [1.82, 2.24) is 20.4 Å². The van der Waals surface area contributed by atoms with Gasteiger partial charge in [0, 0.05) is 29.9 Å². The zero-order valence-electron chi connectivity index (χ0n) is 16.4. The molecular formula is C22H26ClN5O. The fraction of sp³-hybridized carbons (Fsp3) is 0.409. The second kappa shape index (κ2) is 7.43. The molecule has 2 aromatic heterocycles. The first-order chi connectivity index (χ1) is 14.1. The van der Waals surface area contributed by atoms with E-state index in [0.29, 0.717) is 6.54 Å². The van der Waals surface area contributed by atoms with Crippen LogP contribution in [0.4, 0.5) is 5.69 Å². The van der Waals surface area contributed by atoms with Crippen molar-refractivity contribution in [1.29, 1.82) is 0 Å². The van der Waals surface area contributed by atoms with E-state index < -0.39 is 0 Å². The largest absolute Gasteiger partial charge is 0.459 e. The Bertz CT molecular complexity index is 1030. The lowest BCUT2D eigenvalue weighted by Crippen LogP contribution is -2.48. The Morgan fingerprint density at radius 2 is 2.14 bits per heavy atom. The first-order valence-corrected chi connectivity index (χ1v) is 10.7. The average molecular weight is 412 g/mol. The van der Waals surface area contributed by atoms with Crippen molar-refractivity contribution < 1.29 is 4.42 Å². The molecule has 0 unspecified atom stereocenters. The predicted octanol–water partition coefficient (Wildman–Crippen LogP) is 4.72. The molecule has 7 heteroatoms. The predicted molar refractivity (Wildman–Crippen MR) is 116 cm³/mol. The van der Waals surface area contributed by atoms with Crippen LogP contribution in [0, 0.1) is 0 Å². The molecule has 1 saturated carbocycles. The van der Waals surface area contributed by atoms with Crippen molar-refractivity contribution in [3.05, 3.63) is 59.3 Å². The molecular weight excluding hydrogens is 386 g/mol. The summed E-state index contributed by atoms with van der Waals surface area (Å²) >= 11 is 6.68.